The third-order valence-corrected chi connectivity index (χ3v) is 3.79. The first kappa shape index (κ1) is 10.6. The summed E-state index contributed by atoms with van der Waals surface area (Å²) in [7, 11) is 0. The first-order chi connectivity index (χ1) is 7.12. The van der Waals surface area contributed by atoms with E-state index in [2.05, 4.69) is 43.2 Å². The van der Waals surface area contributed by atoms with Crippen molar-refractivity contribution in [2.24, 2.45) is 5.41 Å². The number of nitrogens with one attached hydrogen (secondary N) is 1. The SMILES string of the molecule is CC(NC(C)C1(C)CC1)c1ccncc1. The average Bonchev–Trinajstić information content (AvgIpc) is 2.99. The molecule has 0 saturated heterocycles. The molecule has 15 heavy (non-hydrogen) atoms. The van der Waals surface area contributed by atoms with Gasteiger partial charge in [-0.05, 0) is 49.8 Å². The summed E-state index contributed by atoms with van der Waals surface area (Å²) >= 11 is 0. The van der Waals surface area contributed by atoms with Gasteiger partial charge in [0.2, 0.25) is 0 Å². The fraction of sp³-hybridized carbons (Fsp3) is 0.615. The van der Waals surface area contributed by atoms with E-state index in [4.69, 9.17) is 0 Å². The Morgan fingerprint density at radius 2 is 1.87 bits per heavy atom. The zero-order valence-corrected chi connectivity index (χ0v) is 9.83. The van der Waals surface area contributed by atoms with E-state index < -0.39 is 0 Å². The van der Waals surface area contributed by atoms with Crippen LogP contribution >= 0.6 is 0 Å². The number of aromatic nitrogens is 1. The van der Waals surface area contributed by atoms with Gasteiger partial charge in [0.05, 0.1) is 0 Å². The summed E-state index contributed by atoms with van der Waals surface area (Å²) in [4.78, 5) is 4.04. The summed E-state index contributed by atoms with van der Waals surface area (Å²) in [5.74, 6) is 0. The second kappa shape index (κ2) is 3.93. The fourth-order valence-electron chi connectivity index (χ4n) is 1.95. The van der Waals surface area contributed by atoms with Crippen molar-refractivity contribution < 1.29 is 0 Å². The van der Waals surface area contributed by atoms with E-state index >= 15 is 0 Å². The molecule has 82 valence electrons. The Hall–Kier alpha value is -0.890. The Balaban J connectivity index is 1.95. The lowest BCUT2D eigenvalue weighted by molar-refractivity contribution is 0.350. The molecular formula is C13H20N2. The van der Waals surface area contributed by atoms with Gasteiger partial charge in [0.25, 0.3) is 0 Å². The van der Waals surface area contributed by atoms with Gasteiger partial charge in [-0.25, -0.2) is 0 Å². The van der Waals surface area contributed by atoms with Crippen LogP contribution in [0.15, 0.2) is 24.5 Å². The summed E-state index contributed by atoms with van der Waals surface area (Å²) in [6, 6.07) is 5.18. The molecule has 1 aliphatic rings. The molecule has 1 aromatic heterocycles. The van der Waals surface area contributed by atoms with Gasteiger partial charge < -0.3 is 5.32 Å². The highest BCUT2D eigenvalue weighted by atomic mass is 15.0. The van der Waals surface area contributed by atoms with E-state index in [0.29, 0.717) is 17.5 Å². The molecule has 1 aromatic rings. The maximum atomic E-state index is 4.04. The van der Waals surface area contributed by atoms with Crippen molar-refractivity contribution in [1.29, 1.82) is 0 Å². The first-order valence-corrected chi connectivity index (χ1v) is 5.78. The van der Waals surface area contributed by atoms with Crippen LogP contribution in [0.5, 0.6) is 0 Å². The van der Waals surface area contributed by atoms with Crippen LogP contribution in [0.3, 0.4) is 0 Å². The zero-order valence-electron chi connectivity index (χ0n) is 9.83. The third-order valence-electron chi connectivity index (χ3n) is 3.79. The van der Waals surface area contributed by atoms with Crippen molar-refractivity contribution in [1.82, 2.24) is 10.3 Å². The van der Waals surface area contributed by atoms with Crippen LogP contribution < -0.4 is 5.32 Å². The molecule has 2 heteroatoms. The Labute approximate surface area is 92.1 Å². The molecule has 2 rings (SSSR count). The molecule has 0 radical (unpaired) electrons. The second-order valence-electron chi connectivity index (χ2n) is 5.04. The standard InChI is InChI=1S/C13H20N2/c1-10(12-4-8-14-9-5-12)15-11(2)13(3)6-7-13/h4-5,8-11,15H,6-7H2,1-3H3. The molecule has 1 heterocycles. The molecule has 2 atom stereocenters. The maximum Gasteiger partial charge on any atom is 0.0295 e. The largest absolute Gasteiger partial charge is 0.307 e. The summed E-state index contributed by atoms with van der Waals surface area (Å²) in [5.41, 5.74) is 1.86. The smallest absolute Gasteiger partial charge is 0.0295 e. The first-order valence-electron chi connectivity index (χ1n) is 5.78. The predicted molar refractivity (Wildman–Crippen MR) is 62.6 cm³/mol. The van der Waals surface area contributed by atoms with E-state index in [1.54, 1.807) is 0 Å². The minimum absolute atomic E-state index is 0.417. The minimum Gasteiger partial charge on any atom is -0.307 e. The molecule has 0 aromatic carbocycles. The Kier molecular flexibility index (Phi) is 2.79. The number of rotatable bonds is 4. The Morgan fingerprint density at radius 3 is 2.40 bits per heavy atom. The van der Waals surface area contributed by atoms with E-state index in [-0.39, 0.29) is 0 Å². The Bertz CT molecular complexity index is 317. The highest BCUT2D eigenvalue weighted by Gasteiger charge is 2.42. The van der Waals surface area contributed by atoms with Gasteiger partial charge in [0.1, 0.15) is 0 Å². The molecule has 1 N–H and O–H groups in total. The van der Waals surface area contributed by atoms with Gasteiger partial charge in [-0.2, -0.15) is 0 Å². The van der Waals surface area contributed by atoms with Crippen LogP contribution in [0, 0.1) is 5.41 Å². The van der Waals surface area contributed by atoms with Gasteiger partial charge in [0, 0.05) is 24.5 Å². The molecule has 2 nitrogen and oxygen atoms in total. The van der Waals surface area contributed by atoms with Gasteiger partial charge in [0.15, 0.2) is 0 Å². The summed E-state index contributed by atoms with van der Waals surface area (Å²) in [5, 5.41) is 3.67. The summed E-state index contributed by atoms with van der Waals surface area (Å²) in [6.07, 6.45) is 6.45. The molecule has 1 fully saturated rings. The number of hydrogen-bond acceptors (Lipinski definition) is 2. The van der Waals surface area contributed by atoms with Gasteiger partial charge in [-0.3, -0.25) is 4.98 Å². The number of nitrogens with zero attached hydrogens (tertiary/aromatic N) is 1. The quantitative estimate of drug-likeness (QED) is 0.815. The monoisotopic (exact) mass is 204 g/mol. The Morgan fingerprint density at radius 1 is 1.27 bits per heavy atom. The normalized spacial score (nSPS) is 22.1. The van der Waals surface area contributed by atoms with Crippen LogP contribution in [-0.2, 0) is 0 Å². The van der Waals surface area contributed by atoms with E-state index in [9.17, 15) is 0 Å². The van der Waals surface area contributed by atoms with Crippen LogP contribution in [0.2, 0.25) is 0 Å². The van der Waals surface area contributed by atoms with Gasteiger partial charge in [-0.15, -0.1) is 0 Å². The van der Waals surface area contributed by atoms with E-state index in [1.165, 1.54) is 18.4 Å². The van der Waals surface area contributed by atoms with Crippen molar-refractivity contribution in [3.63, 3.8) is 0 Å². The highest BCUT2D eigenvalue weighted by Crippen LogP contribution is 2.48. The minimum atomic E-state index is 0.417. The van der Waals surface area contributed by atoms with Crippen molar-refractivity contribution in [2.75, 3.05) is 0 Å². The maximum absolute atomic E-state index is 4.04. The number of hydrogen-bond donors (Lipinski definition) is 1. The molecule has 1 saturated carbocycles. The second-order valence-corrected chi connectivity index (χ2v) is 5.04. The molecule has 0 bridgehead atoms. The molecule has 0 amide bonds. The van der Waals surface area contributed by atoms with Gasteiger partial charge in [-0.1, -0.05) is 6.92 Å². The molecule has 1 aliphatic carbocycles. The lowest BCUT2D eigenvalue weighted by Crippen LogP contribution is -2.35. The average molecular weight is 204 g/mol. The lowest BCUT2D eigenvalue weighted by Gasteiger charge is -2.25. The highest BCUT2D eigenvalue weighted by molar-refractivity contribution is 5.14. The number of pyridine rings is 1. The van der Waals surface area contributed by atoms with E-state index in [0.717, 1.165) is 0 Å². The van der Waals surface area contributed by atoms with Crippen molar-refractivity contribution in [2.45, 2.75) is 45.7 Å². The summed E-state index contributed by atoms with van der Waals surface area (Å²) < 4.78 is 0. The van der Waals surface area contributed by atoms with Crippen LogP contribution in [0.4, 0.5) is 0 Å². The van der Waals surface area contributed by atoms with Gasteiger partial charge >= 0.3 is 0 Å². The lowest BCUT2D eigenvalue weighted by atomic mass is 9.99. The van der Waals surface area contributed by atoms with Crippen molar-refractivity contribution >= 4 is 0 Å². The van der Waals surface area contributed by atoms with Crippen molar-refractivity contribution in [3.05, 3.63) is 30.1 Å². The molecular weight excluding hydrogens is 184 g/mol. The van der Waals surface area contributed by atoms with Crippen LogP contribution in [0.1, 0.15) is 45.2 Å². The summed E-state index contributed by atoms with van der Waals surface area (Å²) in [6.45, 7) is 6.88. The fourth-order valence-corrected chi connectivity index (χ4v) is 1.95. The van der Waals surface area contributed by atoms with Crippen LogP contribution in [0.25, 0.3) is 0 Å². The van der Waals surface area contributed by atoms with E-state index in [1.807, 2.05) is 12.4 Å². The third kappa shape index (κ3) is 2.37. The van der Waals surface area contributed by atoms with Crippen LogP contribution in [-0.4, -0.2) is 11.0 Å². The topological polar surface area (TPSA) is 24.9 Å². The zero-order chi connectivity index (χ0) is 10.9. The molecule has 0 aliphatic heterocycles. The van der Waals surface area contributed by atoms with Crippen molar-refractivity contribution in [3.8, 4) is 0 Å². The predicted octanol–water partition coefficient (Wildman–Crippen LogP) is 2.92. The molecule has 2 unspecified atom stereocenters. The molecule has 0 spiro atoms.